The van der Waals surface area contributed by atoms with E-state index in [1.54, 1.807) is 0 Å². The van der Waals surface area contributed by atoms with Crippen LogP contribution in [0.25, 0.3) is 0 Å². The zero-order chi connectivity index (χ0) is 18.3. The Bertz CT molecular complexity index is 513. The van der Waals surface area contributed by atoms with Gasteiger partial charge in [0.15, 0.2) is 0 Å². The van der Waals surface area contributed by atoms with Crippen molar-refractivity contribution in [2.45, 2.75) is 83.7 Å². The summed E-state index contributed by atoms with van der Waals surface area (Å²) in [6, 6.07) is 9.78. The van der Waals surface area contributed by atoms with Crippen LogP contribution in [0.1, 0.15) is 71.8 Å². The van der Waals surface area contributed by atoms with Crippen molar-refractivity contribution in [3.63, 3.8) is 0 Å². The van der Waals surface area contributed by atoms with Gasteiger partial charge in [-0.1, -0.05) is 58.2 Å². The number of nitrogens with zero attached hydrogens (tertiary/aromatic N) is 1. The smallest absolute Gasteiger partial charge is 0.119 e. The summed E-state index contributed by atoms with van der Waals surface area (Å²) in [6.07, 6.45) is 9.93. The molecule has 0 N–H and O–H groups in total. The van der Waals surface area contributed by atoms with Crippen molar-refractivity contribution < 1.29 is 4.74 Å². The lowest BCUT2D eigenvalue weighted by molar-refractivity contribution is 0.0927. The van der Waals surface area contributed by atoms with Gasteiger partial charge in [-0.25, -0.2) is 0 Å². The number of benzene rings is 1. The van der Waals surface area contributed by atoms with Gasteiger partial charge in [-0.05, 0) is 49.3 Å². The molecule has 2 nitrogen and oxygen atoms in total. The van der Waals surface area contributed by atoms with E-state index >= 15 is 0 Å². The summed E-state index contributed by atoms with van der Waals surface area (Å²) in [7, 11) is 0. The highest BCUT2D eigenvalue weighted by atomic mass is 16.5. The van der Waals surface area contributed by atoms with Gasteiger partial charge in [-0.3, -0.25) is 4.90 Å². The van der Waals surface area contributed by atoms with Crippen molar-refractivity contribution in [3.05, 3.63) is 42.5 Å². The van der Waals surface area contributed by atoms with E-state index in [4.69, 9.17) is 4.74 Å². The summed E-state index contributed by atoms with van der Waals surface area (Å²) in [5.41, 5.74) is 1.61. The number of hydrogen-bond acceptors (Lipinski definition) is 2. The molecule has 0 radical (unpaired) electrons. The third-order valence-corrected chi connectivity index (χ3v) is 5.96. The minimum absolute atomic E-state index is 0.230. The first-order valence-corrected chi connectivity index (χ1v) is 10.1. The lowest BCUT2D eigenvalue weighted by atomic mass is 9.82. The van der Waals surface area contributed by atoms with Gasteiger partial charge in [0.25, 0.3) is 0 Å². The Balaban J connectivity index is 1.92. The van der Waals surface area contributed by atoms with Gasteiger partial charge in [0.2, 0.25) is 0 Å². The quantitative estimate of drug-likeness (QED) is 0.513. The van der Waals surface area contributed by atoms with E-state index < -0.39 is 0 Å². The summed E-state index contributed by atoms with van der Waals surface area (Å²) >= 11 is 0. The van der Waals surface area contributed by atoms with Crippen molar-refractivity contribution in [1.29, 1.82) is 0 Å². The fourth-order valence-electron chi connectivity index (χ4n) is 3.77. The van der Waals surface area contributed by atoms with Crippen LogP contribution >= 0.6 is 0 Å². The molecule has 0 saturated heterocycles. The molecule has 1 unspecified atom stereocenters. The van der Waals surface area contributed by atoms with E-state index in [9.17, 15) is 0 Å². The predicted molar refractivity (Wildman–Crippen MR) is 108 cm³/mol. The van der Waals surface area contributed by atoms with Crippen LogP contribution in [0.15, 0.2) is 36.9 Å². The van der Waals surface area contributed by atoms with Crippen LogP contribution in [0.4, 0.5) is 0 Å². The molecule has 140 valence electrons. The highest BCUT2D eigenvalue weighted by Gasteiger charge is 2.24. The second-order valence-electron chi connectivity index (χ2n) is 8.20. The maximum absolute atomic E-state index is 6.11. The molecule has 0 aliphatic heterocycles. The van der Waals surface area contributed by atoms with Crippen molar-refractivity contribution in [1.82, 2.24) is 4.90 Å². The molecule has 1 aromatic rings. The standard InChI is InChI=1S/C23H37NO/c1-6-17-24(21-11-9-8-10-12-21)19(3)18-25-22-15-13-20(14-16-22)23(4,5)7-2/h6,13-16,19,21H,1,7-12,17-18H2,2-5H3. The van der Waals surface area contributed by atoms with Crippen molar-refractivity contribution in [2.24, 2.45) is 0 Å². The third-order valence-electron chi connectivity index (χ3n) is 5.96. The molecule has 0 aromatic heterocycles. The van der Waals surface area contributed by atoms with E-state index in [0.29, 0.717) is 12.1 Å². The molecule has 1 fully saturated rings. The largest absolute Gasteiger partial charge is 0.492 e. The molecule has 2 rings (SSSR count). The van der Waals surface area contributed by atoms with Crippen molar-refractivity contribution >= 4 is 0 Å². The van der Waals surface area contributed by atoms with Gasteiger partial charge in [0.1, 0.15) is 12.4 Å². The topological polar surface area (TPSA) is 12.5 Å². The second-order valence-corrected chi connectivity index (χ2v) is 8.20. The monoisotopic (exact) mass is 343 g/mol. The van der Waals surface area contributed by atoms with Gasteiger partial charge >= 0.3 is 0 Å². The molecule has 2 heteroatoms. The number of ether oxygens (including phenoxy) is 1. The van der Waals surface area contributed by atoms with Gasteiger partial charge in [0, 0.05) is 18.6 Å². The Morgan fingerprint density at radius 2 is 1.84 bits per heavy atom. The van der Waals surface area contributed by atoms with Gasteiger partial charge in [0.05, 0.1) is 0 Å². The highest BCUT2D eigenvalue weighted by molar-refractivity contribution is 5.31. The van der Waals surface area contributed by atoms with Crippen LogP contribution in [-0.4, -0.2) is 30.1 Å². The first kappa shape index (κ1) is 20.0. The molecular formula is C23H37NO. The highest BCUT2D eigenvalue weighted by Crippen LogP contribution is 2.28. The van der Waals surface area contributed by atoms with Crippen LogP contribution in [-0.2, 0) is 5.41 Å². The third kappa shape index (κ3) is 5.60. The molecule has 0 bridgehead atoms. The molecule has 0 amide bonds. The van der Waals surface area contributed by atoms with Crippen molar-refractivity contribution in [2.75, 3.05) is 13.2 Å². The molecule has 1 atom stereocenters. The summed E-state index contributed by atoms with van der Waals surface area (Å²) < 4.78 is 6.11. The Morgan fingerprint density at radius 1 is 1.20 bits per heavy atom. The molecule has 25 heavy (non-hydrogen) atoms. The summed E-state index contributed by atoms with van der Waals surface area (Å²) in [4.78, 5) is 2.58. The number of rotatable bonds is 9. The minimum atomic E-state index is 0.230. The number of hydrogen-bond donors (Lipinski definition) is 0. The fourth-order valence-corrected chi connectivity index (χ4v) is 3.77. The average molecular weight is 344 g/mol. The normalized spacial score (nSPS) is 17.5. The molecular weight excluding hydrogens is 306 g/mol. The summed E-state index contributed by atoms with van der Waals surface area (Å²) in [6.45, 7) is 14.8. The van der Waals surface area contributed by atoms with E-state index in [0.717, 1.165) is 25.3 Å². The maximum Gasteiger partial charge on any atom is 0.119 e. The first-order valence-electron chi connectivity index (χ1n) is 10.1. The van der Waals surface area contributed by atoms with Crippen LogP contribution in [0.5, 0.6) is 5.75 Å². The van der Waals surface area contributed by atoms with Gasteiger partial charge < -0.3 is 4.74 Å². The van der Waals surface area contributed by atoms with E-state index in [1.807, 2.05) is 6.08 Å². The van der Waals surface area contributed by atoms with Gasteiger partial charge in [-0.15, -0.1) is 6.58 Å². The van der Waals surface area contributed by atoms with E-state index in [1.165, 1.54) is 37.7 Å². The van der Waals surface area contributed by atoms with E-state index in [2.05, 4.69) is 63.4 Å². The molecule has 1 aliphatic carbocycles. The Kier molecular flexibility index (Phi) is 7.56. The van der Waals surface area contributed by atoms with Gasteiger partial charge in [-0.2, -0.15) is 0 Å². The SMILES string of the molecule is C=CCN(C(C)COc1ccc(C(C)(C)CC)cc1)C1CCCCC1. The molecule has 0 spiro atoms. The Morgan fingerprint density at radius 3 is 2.40 bits per heavy atom. The van der Waals surface area contributed by atoms with Crippen LogP contribution in [0.2, 0.25) is 0 Å². The Hall–Kier alpha value is -1.28. The van der Waals surface area contributed by atoms with Crippen LogP contribution in [0.3, 0.4) is 0 Å². The zero-order valence-electron chi connectivity index (χ0n) is 16.8. The maximum atomic E-state index is 6.11. The predicted octanol–water partition coefficient (Wildman–Crippen LogP) is 5.96. The average Bonchev–Trinajstić information content (AvgIpc) is 2.65. The van der Waals surface area contributed by atoms with Crippen molar-refractivity contribution in [3.8, 4) is 5.75 Å². The first-order chi connectivity index (χ1) is 12.0. The summed E-state index contributed by atoms with van der Waals surface area (Å²) in [5.74, 6) is 0.977. The second kappa shape index (κ2) is 9.43. The molecule has 1 saturated carbocycles. The van der Waals surface area contributed by atoms with Crippen LogP contribution in [0, 0.1) is 0 Å². The lowest BCUT2D eigenvalue weighted by Crippen LogP contribution is -2.45. The molecule has 1 aromatic carbocycles. The minimum Gasteiger partial charge on any atom is -0.492 e. The van der Waals surface area contributed by atoms with Crippen LogP contribution < -0.4 is 4.74 Å². The van der Waals surface area contributed by atoms with E-state index in [-0.39, 0.29) is 5.41 Å². The fraction of sp³-hybridized carbons (Fsp3) is 0.652. The molecule has 1 aliphatic rings. The molecule has 0 heterocycles. The lowest BCUT2D eigenvalue weighted by Gasteiger charge is -2.37. The Labute approximate surface area is 155 Å². The summed E-state index contributed by atoms with van der Waals surface area (Å²) in [5, 5.41) is 0. The zero-order valence-corrected chi connectivity index (χ0v) is 16.8.